The fourth-order valence-electron chi connectivity index (χ4n) is 1.84. The summed E-state index contributed by atoms with van der Waals surface area (Å²) in [5.41, 5.74) is 9.31. The highest BCUT2D eigenvalue weighted by molar-refractivity contribution is 6.35. The lowest BCUT2D eigenvalue weighted by Crippen LogP contribution is -2.15. The molecule has 0 fully saturated rings. The fourth-order valence-corrected chi connectivity index (χ4v) is 2.10. The van der Waals surface area contributed by atoms with E-state index in [0.29, 0.717) is 16.3 Å². The van der Waals surface area contributed by atoms with Crippen LogP contribution in [0.2, 0.25) is 5.02 Å². The molecule has 0 spiro atoms. The molecule has 0 aliphatic heterocycles. The number of nitrogens with two attached hydrogens (primary N) is 1. The van der Waals surface area contributed by atoms with Gasteiger partial charge >= 0.3 is 0 Å². The summed E-state index contributed by atoms with van der Waals surface area (Å²) in [6.45, 7) is 3.91. The molecule has 0 aliphatic carbocycles. The monoisotopic (exact) mass is 274 g/mol. The van der Waals surface area contributed by atoms with E-state index in [1.807, 2.05) is 32.0 Å². The molecule has 0 aromatic heterocycles. The van der Waals surface area contributed by atoms with Crippen LogP contribution >= 0.6 is 11.6 Å². The van der Waals surface area contributed by atoms with Gasteiger partial charge in [0, 0.05) is 11.4 Å². The summed E-state index contributed by atoms with van der Waals surface area (Å²) < 4.78 is 0. The molecular formula is C15H15ClN2O. The molecule has 0 bridgehead atoms. The van der Waals surface area contributed by atoms with Gasteiger partial charge in [-0.05, 0) is 43.2 Å². The first-order valence-corrected chi connectivity index (χ1v) is 6.29. The topological polar surface area (TPSA) is 55.1 Å². The lowest BCUT2D eigenvalue weighted by atomic mass is 10.1. The van der Waals surface area contributed by atoms with Crippen molar-refractivity contribution in [3.8, 4) is 0 Å². The summed E-state index contributed by atoms with van der Waals surface area (Å²) in [5, 5.41) is 3.20. The molecule has 19 heavy (non-hydrogen) atoms. The highest BCUT2D eigenvalue weighted by Gasteiger charge is 2.14. The van der Waals surface area contributed by atoms with Crippen LogP contribution < -0.4 is 11.1 Å². The molecular weight excluding hydrogens is 260 g/mol. The molecule has 0 radical (unpaired) electrons. The van der Waals surface area contributed by atoms with E-state index >= 15 is 0 Å². The quantitative estimate of drug-likeness (QED) is 0.819. The number of aryl methyl sites for hydroxylation is 2. The second-order valence-corrected chi connectivity index (χ2v) is 4.88. The molecule has 0 unspecified atom stereocenters. The minimum atomic E-state index is -0.295. The van der Waals surface area contributed by atoms with Gasteiger partial charge in [0.2, 0.25) is 0 Å². The van der Waals surface area contributed by atoms with Crippen molar-refractivity contribution in [1.82, 2.24) is 0 Å². The maximum atomic E-state index is 12.2. The van der Waals surface area contributed by atoms with Crippen LogP contribution in [0.4, 0.5) is 11.4 Å². The molecule has 2 rings (SSSR count). The minimum Gasteiger partial charge on any atom is -0.398 e. The molecule has 0 saturated carbocycles. The number of benzene rings is 2. The number of nitrogen functional groups attached to an aromatic ring is 1. The van der Waals surface area contributed by atoms with Gasteiger partial charge in [-0.25, -0.2) is 0 Å². The van der Waals surface area contributed by atoms with Gasteiger partial charge in [-0.1, -0.05) is 29.8 Å². The first kappa shape index (κ1) is 13.4. The van der Waals surface area contributed by atoms with Crippen molar-refractivity contribution < 1.29 is 4.79 Å². The van der Waals surface area contributed by atoms with Crippen LogP contribution in [0, 0.1) is 13.8 Å². The molecule has 2 aromatic rings. The van der Waals surface area contributed by atoms with Gasteiger partial charge in [0.1, 0.15) is 0 Å². The van der Waals surface area contributed by atoms with E-state index in [2.05, 4.69) is 5.32 Å². The van der Waals surface area contributed by atoms with Crippen LogP contribution in [0.15, 0.2) is 36.4 Å². The molecule has 0 atom stereocenters. The highest BCUT2D eigenvalue weighted by Crippen LogP contribution is 2.24. The molecule has 3 nitrogen and oxygen atoms in total. The van der Waals surface area contributed by atoms with Crippen LogP contribution in [0.3, 0.4) is 0 Å². The Balaban J connectivity index is 2.34. The van der Waals surface area contributed by atoms with Crippen molar-refractivity contribution in [1.29, 1.82) is 0 Å². The second kappa shape index (κ2) is 5.33. The maximum absolute atomic E-state index is 12.2. The summed E-state index contributed by atoms with van der Waals surface area (Å²) >= 11 is 6.02. The van der Waals surface area contributed by atoms with Crippen LogP contribution in [0.5, 0.6) is 0 Å². The predicted octanol–water partition coefficient (Wildman–Crippen LogP) is 3.79. The van der Waals surface area contributed by atoms with Crippen LogP contribution in [-0.4, -0.2) is 5.91 Å². The van der Waals surface area contributed by atoms with Crippen molar-refractivity contribution >= 4 is 28.9 Å². The third-order valence-corrected chi connectivity index (χ3v) is 3.23. The zero-order valence-corrected chi connectivity index (χ0v) is 11.6. The summed E-state index contributed by atoms with van der Waals surface area (Å²) in [5.74, 6) is -0.295. The third-order valence-electron chi connectivity index (χ3n) is 2.91. The molecule has 98 valence electrons. The molecule has 4 heteroatoms. The Morgan fingerprint density at radius 3 is 2.63 bits per heavy atom. The van der Waals surface area contributed by atoms with Gasteiger partial charge in [-0.15, -0.1) is 0 Å². The molecule has 0 heterocycles. The number of carbonyl (C=O) groups is 1. The van der Waals surface area contributed by atoms with Crippen molar-refractivity contribution in [2.45, 2.75) is 13.8 Å². The fraction of sp³-hybridized carbons (Fsp3) is 0.133. The van der Waals surface area contributed by atoms with E-state index in [9.17, 15) is 4.79 Å². The summed E-state index contributed by atoms with van der Waals surface area (Å²) in [4.78, 5) is 12.2. The number of nitrogens with one attached hydrogen (secondary N) is 1. The summed E-state index contributed by atoms with van der Waals surface area (Å²) in [6.07, 6.45) is 0. The predicted molar refractivity (Wildman–Crippen MR) is 79.7 cm³/mol. The number of anilines is 2. The Labute approximate surface area is 117 Å². The van der Waals surface area contributed by atoms with Crippen LogP contribution in [0.25, 0.3) is 0 Å². The van der Waals surface area contributed by atoms with Gasteiger partial charge in [-0.3, -0.25) is 4.79 Å². The maximum Gasteiger partial charge on any atom is 0.259 e. The molecule has 2 aromatic carbocycles. The van der Waals surface area contributed by atoms with E-state index in [1.54, 1.807) is 18.2 Å². The van der Waals surface area contributed by atoms with Gasteiger partial charge in [0.25, 0.3) is 5.91 Å². The number of carbonyl (C=O) groups excluding carboxylic acids is 1. The first-order chi connectivity index (χ1) is 8.99. The van der Waals surface area contributed by atoms with Gasteiger partial charge in [0.15, 0.2) is 0 Å². The number of hydrogen-bond donors (Lipinski definition) is 2. The Morgan fingerprint density at radius 2 is 1.95 bits per heavy atom. The SMILES string of the molecule is Cc1ccc(C)c(NC(=O)c2c(N)cccc2Cl)c1. The van der Waals surface area contributed by atoms with E-state index in [0.717, 1.165) is 16.8 Å². The van der Waals surface area contributed by atoms with Crippen LogP contribution in [-0.2, 0) is 0 Å². The van der Waals surface area contributed by atoms with E-state index in [-0.39, 0.29) is 5.91 Å². The number of amides is 1. The van der Waals surface area contributed by atoms with E-state index in [4.69, 9.17) is 17.3 Å². The molecule has 0 saturated heterocycles. The lowest BCUT2D eigenvalue weighted by molar-refractivity contribution is 0.102. The Bertz CT molecular complexity index is 618. The number of halogens is 1. The third kappa shape index (κ3) is 2.88. The second-order valence-electron chi connectivity index (χ2n) is 4.48. The Hall–Kier alpha value is -2.00. The zero-order valence-electron chi connectivity index (χ0n) is 10.8. The first-order valence-electron chi connectivity index (χ1n) is 5.91. The van der Waals surface area contributed by atoms with Gasteiger partial charge < -0.3 is 11.1 Å². The standard InChI is InChI=1S/C15H15ClN2O/c1-9-6-7-10(2)13(8-9)18-15(19)14-11(16)4-3-5-12(14)17/h3-8H,17H2,1-2H3,(H,18,19). The lowest BCUT2D eigenvalue weighted by Gasteiger charge is -2.11. The largest absolute Gasteiger partial charge is 0.398 e. The van der Waals surface area contributed by atoms with E-state index in [1.165, 1.54) is 0 Å². The normalized spacial score (nSPS) is 10.3. The van der Waals surface area contributed by atoms with Crippen molar-refractivity contribution in [3.05, 3.63) is 58.1 Å². The summed E-state index contributed by atoms with van der Waals surface area (Å²) in [6, 6.07) is 10.9. The molecule has 3 N–H and O–H groups in total. The van der Waals surface area contributed by atoms with Gasteiger partial charge in [-0.2, -0.15) is 0 Å². The van der Waals surface area contributed by atoms with Gasteiger partial charge in [0.05, 0.1) is 10.6 Å². The van der Waals surface area contributed by atoms with E-state index < -0.39 is 0 Å². The smallest absolute Gasteiger partial charge is 0.259 e. The average Bonchev–Trinajstić information content (AvgIpc) is 2.33. The van der Waals surface area contributed by atoms with Crippen molar-refractivity contribution in [2.75, 3.05) is 11.1 Å². The van der Waals surface area contributed by atoms with Crippen molar-refractivity contribution in [2.24, 2.45) is 0 Å². The number of hydrogen-bond acceptors (Lipinski definition) is 2. The Kier molecular flexibility index (Phi) is 3.76. The minimum absolute atomic E-state index is 0.295. The zero-order chi connectivity index (χ0) is 14.0. The number of rotatable bonds is 2. The summed E-state index contributed by atoms with van der Waals surface area (Å²) in [7, 11) is 0. The van der Waals surface area contributed by atoms with Crippen molar-refractivity contribution in [3.63, 3.8) is 0 Å². The highest BCUT2D eigenvalue weighted by atomic mass is 35.5. The molecule has 0 aliphatic rings. The van der Waals surface area contributed by atoms with Crippen LogP contribution in [0.1, 0.15) is 21.5 Å². The average molecular weight is 275 g/mol. The Morgan fingerprint density at radius 1 is 1.21 bits per heavy atom. The molecule has 1 amide bonds.